The predicted octanol–water partition coefficient (Wildman–Crippen LogP) is -0.356. The molecular formula is C10H16FN3O3. The van der Waals surface area contributed by atoms with Gasteiger partial charge in [-0.1, -0.05) is 6.92 Å². The van der Waals surface area contributed by atoms with E-state index in [-0.39, 0.29) is 0 Å². The summed E-state index contributed by atoms with van der Waals surface area (Å²) in [6.07, 6.45) is -1.71. The summed E-state index contributed by atoms with van der Waals surface area (Å²) in [4.78, 5) is 12.7. The largest absolute Gasteiger partial charge is 0.387 e. The molecule has 96 valence electrons. The first-order chi connectivity index (χ1) is 8.04. The summed E-state index contributed by atoms with van der Waals surface area (Å²) in [5, 5.41) is 12.0. The van der Waals surface area contributed by atoms with Crippen LogP contribution in [0, 0.1) is 0 Å². The summed E-state index contributed by atoms with van der Waals surface area (Å²) >= 11 is 0. The molecule has 2 heterocycles. The Kier molecular flexibility index (Phi) is 3.32. The number of aliphatic hydroxyl groups is 1. The smallest absolute Gasteiger partial charge is 0.325 e. The van der Waals surface area contributed by atoms with Gasteiger partial charge in [-0.3, -0.25) is 4.90 Å². The summed E-state index contributed by atoms with van der Waals surface area (Å²) in [5.74, 6) is 0. The molecule has 2 amide bonds. The number of urea groups is 1. The molecule has 0 aromatic heterocycles. The van der Waals surface area contributed by atoms with Crippen molar-refractivity contribution in [2.75, 3.05) is 0 Å². The van der Waals surface area contributed by atoms with Gasteiger partial charge in [0.1, 0.15) is 6.10 Å². The Morgan fingerprint density at radius 2 is 2.41 bits per heavy atom. The molecule has 0 aromatic rings. The fourth-order valence-electron chi connectivity index (χ4n) is 1.98. The van der Waals surface area contributed by atoms with E-state index < -0.39 is 36.8 Å². The van der Waals surface area contributed by atoms with Crippen LogP contribution in [-0.4, -0.2) is 46.8 Å². The fourth-order valence-corrected chi connectivity index (χ4v) is 1.98. The van der Waals surface area contributed by atoms with E-state index >= 15 is 0 Å². The van der Waals surface area contributed by atoms with Gasteiger partial charge in [-0.2, -0.15) is 0 Å². The number of carbonyl (C=O) groups excluding carboxylic acids is 1. The zero-order valence-corrected chi connectivity index (χ0v) is 9.41. The van der Waals surface area contributed by atoms with Crippen LogP contribution in [0.3, 0.4) is 0 Å². The van der Waals surface area contributed by atoms with Crippen LogP contribution >= 0.6 is 0 Å². The number of amides is 2. The Labute approximate surface area is 98.2 Å². The number of carbonyl (C=O) groups is 1. The third-order valence-corrected chi connectivity index (χ3v) is 2.95. The number of hydrogen-bond donors (Lipinski definition) is 3. The average molecular weight is 245 g/mol. The SMILES string of the molecule is CCC1OC(N2C=CC(N)NC2=O)C(F)C1O. The second kappa shape index (κ2) is 4.59. The van der Waals surface area contributed by atoms with Crippen molar-refractivity contribution in [1.29, 1.82) is 0 Å². The van der Waals surface area contributed by atoms with Gasteiger partial charge in [0.2, 0.25) is 0 Å². The number of aliphatic hydroxyl groups excluding tert-OH is 1. The van der Waals surface area contributed by atoms with E-state index in [4.69, 9.17) is 10.5 Å². The summed E-state index contributed by atoms with van der Waals surface area (Å²) in [6.45, 7) is 1.78. The van der Waals surface area contributed by atoms with Crippen LogP contribution < -0.4 is 11.1 Å². The standard InChI is InChI=1S/C10H16FN3O3/c1-2-5-8(15)7(11)9(17-5)14-4-3-6(12)13-10(14)16/h3-9,15H,2,12H2,1H3,(H,13,16). The molecule has 0 radical (unpaired) electrons. The quantitative estimate of drug-likeness (QED) is 0.620. The highest BCUT2D eigenvalue weighted by atomic mass is 19.1. The van der Waals surface area contributed by atoms with E-state index in [2.05, 4.69) is 5.32 Å². The first kappa shape index (κ1) is 12.3. The summed E-state index contributed by atoms with van der Waals surface area (Å²) in [6, 6.07) is -0.531. The first-order valence-corrected chi connectivity index (χ1v) is 5.55. The van der Waals surface area contributed by atoms with E-state index in [1.54, 1.807) is 6.92 Å². The van der Waals surface area contributed by atoms with Crippen molar-refractivity contribution < 1.29 is 19.0 Å². The van der Waals surface area contributed by atoms with E-state index in [1.807, 2.05) is 0 Å². The molecule has 2 rings (SSSR count). The van der Waals surface area contributed by atoms with Gasteiger partial charge in [0.25, 0.3) is 0 Å². The highest BCUT2D eigenvalue weighted by Gasteiger charge is 2.47. The maximum atomic E-state index is 13.8. The van der Waals surface area contributed by atoms with Crippen molar-refractivity contribution in [2.24, 2.45) is 5.73 Å². The van der Waals surface area contributed by atoms with Gasteiger partial charge in [-0.05, 0) is 12.5 Å². The van der Waals surface area contributed by atoms with Gasteiger partial charge < -0.3 is 20.9 Å². The van der Waals surface area contributed by atoms with Crippen molar-refractivity contribution in [3.8, 4) is 0 Å². The molecule has 1 saturated heterocycles. The third kappa shape index (κ3) is 2.13. The topological polar surface area (TPSA) is 87.8 Å². The highest BCUT2D eigenvalue weighted by Crippen LogP contribution is 2.29. The van der Waals surface area contributed by atoms with Crippen molar-refractivity contribution in [3.05, 3.63) is 12.3 Å². The number of rotatable bonds is 2. The second-order valence-electron chi connectivity index (χ2n) is 4.13. The van der Waals surface area contributed by atoms with Crippen LogP contribution in [0.1, 0.15) is 13.3 Å². The number of nitrogens with one attached hydrogen (secondary N) is 1. The molecule has 5 unspecified atom stereocenters. The number of halogens is 1. The second-order valence-corrected chi connectivity index (χ2v) is 4.13. The minimum atomic E-state index is -1.62. The normalized spacial score (nSPS) is 41.8. The molecule has 0 aliphatic carbocycles. The summed E-state index contributed by atoms with van der Waals surface area (Å²) in [5.41, 5.74) is 5.47. The van der Waals surface area contributed by atoms with E-state index in [1.165, 1.54) is 12.3 Å². The third-order valence-electron chi connectivity index (χ3n) is 2.95. The zero-order chi connectivity index (χ0) is 12.6. The van der Waals surface area contributed by atoms with Crippen LogP contribution in [0.2, 0.25) is 0 Å². The number of hydrogen-bond acceptors (Lipinski definition) is 4. The molecule has 0 bridgehead atoms. The van der Waals surface area contributed by atoms with E-state index in [9.17, 15) is 14.3 Å². The Morgan fingerprint density at radius 1 is 1.71 bits per heavy atom. The monoisotopic (exact) mass is 245 g/mol. The van der Waals surface area contributed by atoms with Crippen LogP contribution in [0.4, 0.5) is 9.18 Å². The molecule has 0 spiro atoms. The lowest BCUT2D eigenvalue weighted by atomic mass is 10.1. The van der Waals surface area contributed by atoms with E-state index in [0.717, 1.165) is 4.90 Å². The molecule has 7 heteroatoms. The van der Waals surface area contributed by atoms with Gasteiger partial charge in [0.15, 0.2) is 12.4 Å². The van der Waals surface area contributed by atoms with Gasteiger partial charge in [0.05, 0.1) is 12.3 Å². The molecule has 17 heavy (non-hydrogen) atoms. The van der Waals surface area contributed by atoms with Crippen LogP contribution in [0.5, 0.6) is 0 Å². The van der Waals surface area contributed by atoms with E-state index in [0.29, 0.717) is 6.42 Å². The first-order valence-electron chi connectivity index (χ1n) is 5.55. The highest BCUT2D eigenvalue weighted by molar-refractivity contribution is 5.77. The summed E-state index contributed by atoms with van der Waals surface area (Å²) < 4.78 is 19.1. The molecule has 2 aliphatic heterocycles. The lowest BCUT2D eigenvalue weighted by Gasteiger charge is -2.30. The number of nitrogens with two attached hydrogens (primary N) is 1. The average Bonchev–Trinajstić information content (AvgIpc) is 2.57. The minimum absolute atomic E-state index is 0.483. The Hall–Kier alpha value is -1.18. The van der Waals surface area contributed by atoms with Crippen molar-refractivity contribution in [1.82, 2.24) is 10.2 Å². The zero-order valence-electron chi connectivity index (χ0n) is 9.41. The molecule has 5 atom stereocenters. The number of ether oxygens (including phenoxy) is 1. The molecule has 0 aromatic carbocycles. The Balaban J connectivity index is 2.13. The van der Waals surface area contributed by atoms with Gasteiger partial charge in [-0.25, -0.2) is 9.18 Å². The number of alkyl halides is 1. The molecule has 0 saturated carbocycles. The molecular weight excluding hydrogens is 229 g/mol. The van der Waals surface area contributed by atoms with Gasteiger partial charge >= 0.3 is 6.03 Å². The molecule has 2 aliphatic rings. The van der Waals surface area contributed by atoms with Gasteiger partial charge in [0, 0.05) is 6.20 Å². The fraction of sp³-hybridized carbons (Fsp3) is 0.700. The summed E-state index contributed by atoms with van der Waals surface area (Å²) in [7, 11) is 0. The van der Waals surface area contributed by atoms with Crippen LogP contribution in [0.15, 0.2) is 12.3 Å². The minimum Gasteiger partial charge on any atom is -0.387 e. The van der Waals surface area contributed by atoms with Crippen molar-refractivity contribution in [2.45, 2.75) is 44.1 Å². The van der Waals surface area contributed by atoms with Crippen LogP contribution in [-0.2, 0) is 4.74 Å². The molecule has 6 nitrogen and oxygen atoms in total. The molecule has 1 fully saturated rings. The lowest BCUT2D eigenvalue weighted by molar-refractivity contribution is -0.0417. The maximum absolute atomic E-state index is 13.8. The predicted molar refractivity (Wildman–Crippen MR) is 57.3 cm³/mol. The lowest BCUT2D eigenvalue weighted by Crippen LogP contribution is -2.54. The van der Waals surface area contributed by atoms with Gasteiger partial charge in [-0.15, -0.1) is 0 Å². The Bertz CT molecular complexity index is 339. The van der Waals surface area contributed by atoms with Crippen LogP contribution in [0.25, 0.3) is 0 Å². The van der Waals surface area contributed by atoms with Crippen molar-refractivity contribution >= 4 is 6.03 Å². The molecule has 4 N–H and O–H groups in total. The Morgan fingerprint density at radius 3 is 2.94 bits per heavy atom. The number of nitrogens with zero attached hydrogens (tertiary/aromatic N) is 1. The van der Waals surface area contributed by atoms with Crippen molar-refractivity contribution in [3.63, 3.8) is 0 Å². The maximum Gasteiger partial charge on any atom is 0.325 e.